The molecular formula is C13H29NO3. The van der Waals surface area contributed by atoms with Gasteiger partial charge in [0.1, 0.15) is 0 Å². The Hall–Kier alpha value is -0.160. The maximum atomic E-state index is 9.27. The van der Waals surface area contributed by atoms with E-state index in [2.05, 4.69) is 26.3 Å². The standard InChI is InChI=1S/C13H29NO3/c1-10(15)9-17-11(7-12(2,3)4)8-13(5,6)14-16/h10-11,14-16H,7-9H2,1-6H3. The molecule has 0 radical (unpaired) electrons. The summed E-state index contributed by atoms with van der Waals surface area (Å²) in [5.41, 5.74) is 2.08. The Labute approximate surface area is 105 Å². The second kappa shape index (κ2) is 6.69. The predicted molar refractivity (Wildman–Crippen MR) is 69.1 cm³/mol. The Morgan fingerprint density at radius 3 is 2.00 bits per heavy atom. The number of hydrogen-bond donors (Lipinski definition) is 3. The lowest BCUT2D eigenvalue weighted by atomic mass is 9.85. The summed E-state index contributed by atoms with van der Waals surface area (Å²) >= 11 is 0. The second-order valence-electron chi connectivity index (χ2n) is 6.77. The zero-order valence-electron chi connectivity index (χ0n) is 12.1. The molecule has 4 nitrogen and oxygen atoms in total. The summed E-state index contributed by atoms with van der Waals surface area (Å²) in [4.78, 5) is 0. The molecule has 104 valence electrons. The van der Waals surface area contributed by atoms with Crippen molar-refractivity contribution < 1.29 is 15.1 Å². The summed E-state index contributed by atoms with van der Waals surface area (Å²) in [7, 11) is 0. The molecule has 0 heterocycles. The highest BCUT2D eigenvalue weighted by atomic mass is 16.5. The van der Waals surface area contributed by atoms with Crippen molar-refractivity contribution in [1.82, 2.24) is 5.48 Å². The van der Waals surface area contributed by atoms with E-state index >= 15 is 0 Å². The van der Waals surface area contributed by atoms with Crippen molar-refractivity contribution >= 4 is 0 Å². The van der Waals surface area contributed by atoms with Gasteiger partial charge in [-0.3, -0.25) is 0 Å². The summed E-state index contributed by atoms with van der Waals surface area (Å²) in [5.74, 6) is 0. The molecule has 4 heteroatoms. The highest BCUT2D eigenvalue weighted by Gasteiger charge is 2.27. The van der Waals surface area contributed by atoms with E-state index < -0.39 is 6.10 Å². The monoisotopic (exact) mass is 247 g/mol. The van der Waals surface area contributed by atoms with Crippen molar-refractivity contribution in [3.8, 4) is 0 Å². The van der Waals surface area contributed by atoms with Crippen LogP contribution in [0.2, 0.25) is 0 Å². The number of hydrogen-bond acceptors (Lipinski definition) is 4. The van der Waals surface area contributed by atoms with Gasteiger partial charge in [0.2, 0.25) is 0 Å². The van der Waals surface area contributed by atoms with E-state index in [-0.39, 0.29) is 17.1 Å². The van der Waals surface area contributed by atoms with Crippen LogP contribution < -0.4 is 5.48 Å². The van der Waals surface area contributed by atoms with E-state index in [1.54, 1.807) is 6.92 Å². The summed E-state index contributed by atoms with van der Waals surface area (Å²) in [6, 6.07) is 0. The molecule has 0 saturated heterocycles. The zero-order chi connectivity index (χ0) is 13.7. The van der Waals surface area contributed by atoms with Gasteiger partial charge in [0, 0.05) is 5.54 Å². The van der Waals surface area contributed by atoms with Crippen molar-refractivity contribution in [1.29, 1.82) is 0 Å². The third-order valence-corrected chi connectivity index (χ3v) is 2.45. The Morgan fingerprint density at radius 1 is 1.12 bits per heavy atom. The van der Waals surface area contributed by atoms with E-state index in [1.807, 2.05) is 13.8 Å². The lowest BCUT2D eigenvalue weighted by Gasteiger charge is -2.32. The van der Waals surface area contributed by atoms with Crippen molar-refractivity contribution in [2.75, 3.05) is 6.61 Å². The number of aliphatic hydroxyl groups is 1. The first kappa shape index (κ1) is 16.8. The lowest BCUT2D eigenvalue weighted by Crippen LogP contribution is -2.42. The largest absolute Gasteiger partial charge is 0.391 e. The normalized spacial score (nSPS) is 16.9. The summed E-state index contributed by atoms with van der Waals surface area (Å²) in [5, 5.41) is 18.3. The van der Waals surface area contributed by atoms with Crippen molar-refractivity contribution in [2.45, 2.75) is 72.1 Å². The lowest BCUT2D eigenvalue weighted by molar-refractivity contribution is -0.0450. The smallest absolute Gasteiger partial charge is 0.0745 e. The van der Waals surface area contributed by atoms with Gasteiger partial charge in [-0.05, 0) is 39.0 Å². The van der Waals surface area contributed by atoms with Gasteiger partial charge in [-0.1, -0.05) is 20.8 Å². The van der Waals surface area contributed by atoms with Crippen molar-refractivity contribution in [2.24, 2.45) is 5.41 Å². The molecule has 0 saturated carbocycles. The minimum absolute atomic E-state index is 0.0271. The van der Waals surface area contributed by atoms with Gasteiger partial charge in [-0.25, -0.2) is 0 Å². The first-order valence-corrected chi connectivity index (χ1v) is 6.27. The number of aliphatic hydroxyl groups excluding tert-OH is 1. The number of hydroxylamine groups is 1. The van der Waals surface area contributed by atoms with Gasteiger partial charge in [0.25, 0.3) is 0 Å². The van der Waals surface area contributed by atoms with Crippen molar-refractivity contribution in [3.05, 3.63) is 0 Å². The second-order valence-corrected chi connectivity index (χ2v) is 6.77. The fourth-order valence-electron chi connectivity index (χ4n) is 1.76. The quantitative estimate of drug-likeness (QED) is 0.604. The minimum Gasteiger partial charge on any atom is -0.391 e. The van der Waals surface area contributed by atoms with E-state index in [1.165, 1.54) is 0 Å². The minimum atomic E-state index is -0.456. The molecule has 0 aliphatic rings. The molecule has 0 aromatic rings. The van der Waals surface area contributed by atoms with Gasteiger partial charge < -0.3 is 15.1 Å². The molecule has 0 aliphatic carbocycles. The molecule has 17 heavy (non-hydrogen) atoms. The Kier molecular flexibility index (Phi) is 6.62. The zero-order valence-corrected chi connectivity index (χ0v) is 12.1. The molecule has 0 spiro atoms. The molecule has 0 aromatic heterocycles. The summed E-state index contributed by atoms with van der Waals surface area (Å²) < 4.78 is 5.72. The fraction of sp³-hybridized carbons (Fsp3) is 1.00. The first-order chi connectivity index (χ1) is 7.56. The van der Waals surface area contributed by atoms with Crippen LogP contribution in [0.4, 0.5) is 0 Å². The van der Waals surface area contributed by atoms with Crippen LogP contribution in [0.1, 0.15) is 54.4 Å². The molecule has 2 unspecified atom stereocenters. The summed E-state index contributed by atoms with van der Waals surface area (Å²) in [6.07, 6.45) is 1.17. The average molecular weight is 247 g/mol. The maximum Gasteiger partial charge on any atom is 0.0745 e. The van der Waals surface area contributed by atoms with Crippen LogP contribution in [0.15, 0.2) is 0 Å². The van der Waals surface area contributed by atoms with Gasteiger partial charge in [-0.15, -0.1) is 0 Å². The van der Waals surface area contributed by atoms with Crippen LogP contribution >= 0.6 is 0 Å². The van der Waals surface area contributed by atoms with Gasteiger partial charge in [-0.2, -0.15) is 5.48 Å². The molecule has 2 atom stereocenters. The molecular weight excluding hydrogens is 218 g/mol. The topological polar surface area (TPSA) is 61.7 Å². The highest BCUT2D eigenvalue weighted by Crippen LogP contribution is 2.27. The molecule has 0 bridgehead atoms. The first-order valence-electron chi connectivity index (χ1n) is 6.27. The number of ether oxygens (including phenoxy) is 1. The SMILES string of the molecule is CC(O)COC(CC(C)(C)C)CC(C)(C)NO. The number of nitrogens with one attached hydrogen (secondary N) is 1. The van der Waals surface area contributed by atoms with Gasteiger partial charge in [0.05, 0.1) is 18.8 Å². The van der Waals surface area contributed by atoms with Crippen molar-refractivity contribution in [3.63, 3.8) is 0 Å². The highest BCUT2D eigenvalue weighted by molar-refractivity contribution is 4.81. The molecule has 0 amide bonds. The molecule has 3 N–H and O–H groups in total. The van der Waals surface area contributed by atoms with Gasteiger partial charge in [0.15, 0.2) is 0 Å². The fourth-order valence-corrected chi connectivity index (χ4v) is 1.76. The van der Waals surface area contributed by atoms with Crippen LogP contribution in [-0.4, -0.2) is 34.7 Å². The summed E-state index contributed by atoms with van der Waals surface area (Å²) in [6.45, 7) is 12.4. The van der Waals surface area contributed by atoms with Crippen LogP contribution in [0.25, 0.3) is 0 Å². The average Bonchev–Trinajstić information content (AvgIpc) is 2.11. The molecule has 0 aliphatic heterocycles. The van der Waals surface area contributed by atoms with E-state index in [4.69, 9.17) is 9.94 Å². The van der Waals surface area contributed by atoms with E-state index in [0.717, 1.165) is 6.42 Å². The predicted octanol–water partition coefficient (Wildman–Crippen LogP) is 2.34. The van der Waals surface area contributed by atoms with Crippen LogP contribution in [0.5, 0.6) is 0 Å². The van der Waals surface area contributed by atoms with Crippen LogP contribution in [-0.2, 0) is 4.74 Å². The van der Waals surface area contributed by atoms with E-state index in [9.17, 15) is 5.11 Å². The van der Waals surface area contributed by atoms with Gasteiger partial charge >= 0.3 is 0 Å². The maximum absolute atomic E-state index is 9.27. The Morgan fingerprint density at radius 2 is 1.65 bits per heavy atom. The third kappa shape index (κ3) is 9.53. The Balaban J connectivity index is 4.40. The number of rotatable bonds is 7. The third-order valence-electron chi connectivity index (χ3n) is 2.45. The van der Waals surface area contributed by atoms with Crippen LogP contribution in [0, 0.1) is 5.41 Å². The molecule has 0 rings (SSSR count). The van der Waals surface area contributed by atoms with Crippen LogP contribution in [0.3, 0.4) is 0 Å². The van der Waals surface area contributed by atoms with E-state index in [0.29, 0.717) is 13.0 Å². The molecule has 0 aromatic carbocycles. The molecule has 0 fully saturated rings. The Bertz CT molecular complexity index is 209.